The second kappa shape index (κ2) is 6.06. The molecule has 0 bridgehead atoms. The standard InChI is InChI=1S/C13H13ClN2O2S/c1-8-2-4-10(14)11(6-8)18-7-9-3-5-12(19-9)13(17)16-15/h2-6H,7,15H2,1H3,(H,16,17). The van der Waals surface area contributed by atoms with Gasteiger partial charge in [-0.2, -0.15) is 0 Å². The smallest absolute Gasteiger partial charge is 0.275 e. The van der Waals surface area contributed by atoms with Crippen molar-refractivity contribution in [1.29, 1.82) is 0 Å². The summed E-state index contributed by atoms with van der Waals surface area (Å²) in [5.41, 5.74) is 3.17. The van der Waals surface area contributed by atoms with Gasteiger partial charge in [-0.25, -0.2) is 5.84 Å². The highest BCUT2D eigenvalue weighted by Crippen LogP contribution is 2.27. The zero-order chi connectivity index (χ0) is 13.8. The van der Waals surface area contributed by atoms with Gasteiger partial charge in [0.05, 0.1) is 9.90 Å². The van der Waals surface area contributed by atoms with Crippen molar-refractivity contribution < 1.29 is 9.53 Å². The van der Waals surface area contributed by atoms with E-state index < -0.39 is 0 Å². The fourth-order valence-corrected chi connectivity index (χ4v) is 2.51. The molecule has 0 atom stereocenters. The number of aryl methyl sites for hydroxylation is 1. The van der Waals surface area contributed by atoms with Gasteiger partial charge in [0.25, 0.3) is 5.91 Å². The van der Waals surface area contributed by atoms with E-state index in [0.717, 1.165) is 10.4 Å². The number of halogens is 1. The number of nitrogens with one attached hydrogen (secondary N) is 1. The minimum Gasteiger partial charge on any atom is -0.486 e. The van der Waals surface area contributed by atoms with E-state index in [4.69, 9.17) is 22.2 Å². The average molecular weight is 297 g/mol. The molecule has 0 fully saturated rings. The van der Waals surface area contributed by atoms with Crippen molar-refractivity contribution in [3.63, 3.8) is 0 Å². The van der Waals surface area contributed by atoms with Crippen LogP contribution in [0.2, 0.25) is 5.02 Å². The molecule has 3 N–H and O–H groups in total. The van der Waals surface area contributed by atoms with E-state index in [1.807, 2.05) is 25.1 Å². The number of hydrazine groups is 1. The molecule has 2 rings (SSSR count). The van der Waals surface area contributed by atoms with Crippen LogP contribution in [0.4, 0.5) is 0 Å². The first kappa shape index (κ1) is 13.9. The van der Waals surface area contributed by atoms with E-state index in [-0.39, 0.29) is 5.91 Å². The highest BCUT2D eigenvalue weighted by Gasteiger charge is 2.08. The third-order valence-corrected chi connectivity index (χ3v) is 3.84. The molecule has 0 radical (unpaired) electrons. The molecule has 0 aliphatic heterocycles. The highest BCUT2D eigenvalue weighted by atomic mass is 35.5. The van der Waals surface area contributed by atoms with Crippen LogP contribution in [-0.4, -0.2) is 5.91 Å². The van der Waals surface area contributed by atoms with Gasteiger partial charge in [0, 0.05) is 4.88 Å². The molecule has 0 saturated carbocycles. The maximum Gasteiger partial charge on any atom is 0.275 e. The number of hydrogen-bond donors (Lipinski definition) is 2. The summed E-state index contributed by atoms with van der Waals surface area (Å²) in [5.74, 6) is 5.41. The minimum absolute atomic E-state index is 0.301. The Hall–Kier alpha value is -1.56. The molecule has 4 nitrogen and oxygen atoms in total. The molecular weight excluding hydrogens is 284 g/mol. The van der Waals surface area contributed by atoms with Gasteiger partial charge in [-0.3, -0.25) is 10.2 Å². The summed E-state index contributed by atoms with van der Waals surface area (Å²) in [4.78, 5) is 12.8. The molecule has 0 aliphatic carbocycles. The second-order valence-electron chi connectivity index (χ2n) is 3.96. The topological polar surface area (TPSA) is 64.3 Å². The zero-order valence-corrected chi connectivity index (χ0v) is 11.8. The molecule has 1 aromatic heterocycles. The van der Waals surface area contributed by atoms with Gasteiger partial charge in [-0.1, -0.05) is 17.7 Å². The van der Waals surface area contributed by atoms with Crippen LogP contribution in [0.1, 0.15) is 20.1 Å². The van der Waals surface area contributed by atoms with Gasteiger partial charge >= 0.3 is 0 Å². The molecule has 1 heterocycles. The summed E-state index contributed by atoms with van der Waals surface area (Å²) in [6.07, 6.45) is 0. The Morgan fingerprint density at radius 3 is 2.95 bits per heavy atom. The average Bonchev–Trinajstić information content (AvgIpc) is 2.88. The largest absolute Gasteiger partial charge is 0.486 e. The molecule has 0 saturated heterocycles. The summed E-state index contributed by atoms with van der Waals surface area (Å²) in [5, 5.41) is 0.571. The van der Waals surface area contributed by atoms with Crippen LogP contribution in [0.25, 0.3) is 0 Å². The number of rotatable bonds is 4. The maximum atomic E-state index is 11.3. The van der Waals surface area contributed by atoms with E-state index in [1.165, 1.54) is 11.3 Å². The molecule has 0 spiro atoms. The van der Waals surface area contributed by atoms with Crippen molar-refractivity contribution in [1.82, 2.24) is 5.43 Å². The van der Waals surface area contributed by atoms with Crippen molar-refractivity contribution in [2.24, 2.45) is 5.84 Å². The van der Waals surface area contributed by atoms with Crippen molar-refractivity contribution in [3.8, 4) is 5.75 Å². The van der Waals surface area contributed by atoms with Crippen LogP contribution in [0.5, 0.6) is 5.75 Å². The van der Waals surface area contributed by atoms with Crippen LogP contribution in [0.15, 0.2) is 30.3 Å². The van der Waals surface area contributed by atoms with E-state index in [9.17, 15) is 4.79 Å². The van der Waals surface area contributed by atoms with Crippen molar-refractivity contribution in [3.05, 3.63) is 50.7 Å². The summed E-state index contributed by atoms with van der Waals surface area (Å²) in [6.45, 7) is 2.34. The molecule has 2 aromatic rings. The third kappa shape index (κ3) is 3.47. The number of thiophene rings is 1. The Labute approximate surface area is 120 Å². The van der Waals surface area contributed by atoms with E-state index in [0.29, 0.717) is 22.3 Å². The number of nitrogen functional groups attached to an aromatic ring is 1. The summed E-state index contributed by atoms with van der Waals surface area (Å²) in [6, 6.07) is 9.14. The first-order valence-corrected chi connectivity index (χ1v) is 6.78. The Balaban J connectivity index is 2.04. The van der Waals surface area contributed by atoms with Gasteiger partial charge in [-0.05, 0) is 36.8 Å². The molecule has 19 heavy (non-hydrogen) atoms. The van der Waals surface area contributed by atoms with Gasteiger partial charge in [0.1, 0.15) is 12.4 Å². The van der Waals surface area contributed by atoms with E-state index in [2.05, 4.69) is 5.43 Å². The van der Waals surface area contributed by atoms with E-state index >= 15 is 0 Å². The fourth-order valence-electron chi connectivity index (χ4n) is 1.52. The number of nitrogens with two attached hydrogens (primary N) is 1. The molecule has 100 valence electrons. The van der Waals surface area contributed by atoms with Crippen molar-refractivity contribution >= 4 is 28.8 Å². The molecule has 1 aromatic carbocycles. The quantitative estimate of drug-likeness (QED) is 0.518. The molecule has 0 unspecified atom stereocenters. The SMILES string of the molecule is Cc1ccc(Cl)c(OCc2ccc(C(=O)NN)s2)c1. The predicted molar refractivity (Wildman–Crippen MR) is 76.5 cm³/mol. The molecule has 0 aliphatic rings. The number of carbonyl (C=O) groups is 1. The van der Waals surface area contributed by atoms with Gasteiger partial charge in [0.2, 0.25) is 0 Å². The monoisotopic (exact) mass is 296 g/mol. The zero-order valence-electron chi connectivity index (χ0n) is 10.3. The number of ether oxygens (including phenoxy) is 1. The molecule has 1 amide bonds. The maximum absolute atomic E-state index is 11.3. The Bertz CT molecular complexity index is 598. The van der Waals surface area contributed by atoms with Crippen LogP contribution >= 0.6 is 22.9 Å². The van der Waals surface area contributed by atoms with Crippen LogP contribution in [-0.2, 0) is 6.61 Å². The molecular formula is C13H13ClN2O2S. The lowest BCUT2D eigenvalue weighted by molar-refractivity contribution is 0.0957. The van der Waals surface area contributed by atoms with Crippen LogP contribution < -0.4 is 16.0 Å². The normalized spacial score (nSPS) is 10.3. The summed E-state index contributed by atoms with van der Waals surface area (Å²) >= 11 is 7.37. The minimum atomic E-state index is -0.301. The Morgan fingerprint density at radius 1 is 1.42 bits per heavy atom. The highest BCUT2D eigenvalue weighted by molar-refractivity contribution is 7.14. The number of amides is 1. The number of benzene rings is 1. The number of hydrogen-bond acceptors (Lipinski definition) is 4. The first-order valence-electron chi connectivity index (χ1n) is 5.59. The lowest BCUT2D eigenvalue weighted by Gasteiger charge is -2.07. The Morgan fingerprint density at radius 2 is 2.21 bits per heavy atom. The van der Waals surface area contributed by atoms with E-state index in [1.54, 1.807) is 12.1 Å². The lowest BCUT2D eigenvalue weighted by Crippen LogP contribution is -2.29. The van der Waals surface area contributed by atoms with Gasteiger partial charge in [0.15, 0.2) is 0 Å². The Kier molecular flexibility index (Phi) is 4.42. The van der Waals surface area contributed by atoms with Crippen LogP contribution in [0, 0.1) is 6.92 Å². The summed E-state index contributed by atoms with van der Waals surface area (Å²) < 4.78 is 5.65. The van der Waals surface area contributed by atoms with Crippen LogP contribution in [0.3, 0.4) is 0 Å². The lowest BCUT2D eigenvalue weighted by atomic mass is 10.2. The van der Waals surface area contributed by atoms with Crippen molar-refractivity contribution in [2.45, 2.75) is 13.5 Å². The fraction of sp³-hybridized carbons (Fsp3) is 0.154. The predicted octanol–water partition coefficient (Wildman–Crippen LogP) is 2.89. The third-order valence-electron chi connectivity index (χ3n) is 2.47. The first-order chi connectivity index (χ1) is 9.10. The molecule has 6 heteroatoms. The summed E-state index contributed by atoms with van der Waals surface area (Å²) in [7, 11) is 0. The van der Waals surface area contributed by atoms with Gasteiger partial charge < -0.3 is 4.74 Å². The van der Waals surface area contributed by atoms with Gasteiger partial charge in [-0.15, -0.1) is 11.3 Å². The number of carbonyl (C=O) groups excluding carboxylic acids is 1. The van der Waals surface area contributed by atoms with Crippen molar-refractivity contribution in [2.75, 3.05) is 0 Å². The second-order valence-corrected chi connectivity index (χ2v) is 5.54.